The van der Waals surface area contributed by atoms with E-state index in [4.69, 9.17) is 4.74 Å². The van der Waals surface area contributed by atoms with Crippen molar-refractivity contribution >= 4 is 5.91 Å². The number of likely N-dealkylation sites (N-methyl/N-ethyl adjacent to an activating group) is 1. The van der Waals surface area contributed by atoms with Crippen LogP contribution in [-0.2, 0) is 9.53 Å². The zero-order valence-electron chi connectivity index (χ0n) is 12.1. The lowest BCUT2D eigenvalue weighted by Crippen LogP contribution is -2.53. The molecule has 0 bridgehead atoms. The van der Waals surface area contributed by atoms with E-state index in [9.17, 15) is 9.90 Å². The molecule has 110 valence electrons. The molecule has 0 radical (unpaired) electrons. The van der Waals surface area contributed by atoms with Gasteiger partial charge in [0.25, 0.3) is 0 Å². The standard InChI is InChI=1S/C14H26N2O3/c1-13(4-3-7-15-10-13)12(17)16(2)11-14(18)5-8-19-9-6-14/h15,18H,3-11H2,1-2H3. The summed E-state index contributed by atoms with van der Waals surface area (Å²) in [7, 11) is 1.80. The van der Waals surface area contributed by atoms with Gasteiger partial charge in [-0.25, -0.2) is 0 Å². The lowest BCUT2D eigenvalue weighted by Gasteiger charge is -2.40. The van der Waals surface area contributed by atoms with Gasteiger partial charge in [-0.15, -0.1) is 0 Å². The minimum absolute atomic E-state index is 0.139. The highest BCUT2D eigenvalue weighted by molar-refractivity contribution is 5.82. The number of carbonyl (C=O) groups excluding carboxylic acids is 1. The van der Waals surface area contributed by atoms with E-state index in [1.807, 2.05) is 6.92 Å². The molecule has 19 heavy (non-hydrogen) atoms. The van der Waals surface area contributed by atoms with E-state index >= 15 is 0 Å². The summed E-state index contributed by atoms with van der Waals surface area (Å²) in [5.41, 5.74) is -1.10. The monoisotopic (exact) mass is 270 g/mol. The third-order valence-corrected chi connectivity index (χ3v) is 4.42. The summed E-state index contributed by atoms with van der Waals surface area (Å²) in [5.74, 6) is 0.139. The molecular formula is C14H26N2O3. The highest BCUT2D eigenvalue weighted by Gasteiger charge is 2.39. The average molecular weight is 270 g/mol. The molecule has 5 nitrogen and oxygen atoms in total. The molecule has 2 aliphatic heterocycles. The first-order chi connectivity index (χ1) is 8.95. The van der Waals surface area contributed by atoms with Crippen LogP contribution >= 0.6 is 0 Å². The highest BCUT2D eigenvalue weighted by atomic mass is 16.5. The van der Waals surface area contributed by atoms with Gasteiger partial charge in [0, 0.05) is 46.2 Å². The van der Waals surface area contributed by atoms with Crippen LogP contribution in [0.3, 0.4) is 0 Å². The normalized spacial score (nSPS) is 30.9. The van der Waals surface area contributed by atoms with Crippen LogP contribution in [0.4, 0.5) is 0 Å². The molecule has 2 aliphatic rings. The van der Waals surface area contributed by atoms with E-state index in [2.05, 4.69) is 5.32 Å². The van der Waals surface area contributed by atoms with Crippen molar-refractivity contribution in [3.63, 3.8) is 0 Å². The second-order valence-corrected chi connectivity index (χ2v) is 6.34. The molecule has 0 aromatic carbocycles. The number of piperidine rings is 1. The Morgan fingerprint density at radius 2 is 2.05 bits per heavy atom. The predicted molar refractivity (Wildman–Crippen MR) is 72.9 cm³/mol. The van der Waals surface area contributed by atoms with Gasteiger partial charge in [-0.05, 0) is 26.3 Å². The second-order valence-electron chi connectivity index (χ2n) is 6.34. The Kier molecular flexibility index (Phi) is 4.48. The number of hydrogen-bond acceptors (Lipinski definition) is 4. The molecule has 2 rings (SSSR count). The summed E-state index contributed by atoms with van der Waals surface area (Å²) in [6.45, 7) is 5.32. The lowest BCUT2D eigenvalue weighted by atomic mass is 9.81. The van der Waals surface area contributed by atoms with Crippen LogP contribution in [0, 0.1) is 5.41 Å². The quantitative estimate of drug-likeness (QED) is 0.778. The van der Waals surface area contributed by atoms with E-state index in [1.54, 1.807) is 11.9 Å². The number of amides is 1. The molecule has 1 atom stereocenters. The van der Waals surface area contributed by atoms with Gasteiger partial charge in [0.15, 0.2) is 0 Å². The smallest absolute Gasteiger partial charge is 0.229 e. The van der Waals surface area contributed by atoms with Gasteiger partial charge in [0.2, 0.25) is 5.91 Å². The predicted octanol–water partition coefficient (Wildman–Crippen LogP) is 0.376. The number of aliphatic hydroxyl groups is 1. The first-order valence-corrected chi connectivity index (χ1v) is 7.22. The Bertz CT molecular complexity index is 321. The number of rotatable bonds is 3. The maximum atomic E-state index is 12.6. The Morgan fingerprint density at radius 3 is 2.63 bits per heavy atom. The van der Waals surface area contributed by atoms with Gasteiger partial charge in [-0.1, -0.05) is 0 Å². The van der Waals surface area contributed by atoms with Crippen molar-refractivity contribution in [2.75, 3.05) is 39.9 Å². The minimum Gasteiger partial charge on any atom is -0.388 e. The molecule has 5 heteroatoms. The summed E-state index contributed by atoms with van der Waals surface area (Å²) >= 11 is 0. The molecule has 0 aromatic heterocycles. The van der Waals surface area contributed by atoms with Crippen molar-refractivity contribution in [3.05, 3.63) is 0 Å². The van der Waals surface area contributed by atoms with E-state index in [-0.39, 0.29) is 11.3 Å². The molecule has 2 heterocycles. The van der Waals surface area contributed by atoms with Gasteiger partial charge in [0.1, 0.15) is 0 Å². The Labute approximate surface area is 115 Å². The molecule has 0 saturated carbocycles. The molecule has 0 aromatic rings. The van der Waals surface area contributed by atoms with Crippen molar-refractivity contribution in [1.82, 2.24) is 10.2 Å². The summed E-state index contributed by atoms with van der Waals surface area (Å²) in [5, 5.41) is 13.8. The van der Waals surface area contributed by atoms with Gasteiger partial charge >= 0.3 is 0 Å². The summed E-state index contributed by atoms with van der Waals surface area (Å²) < 4.78 is 5.27. The third-order valence-electron chi connectivity index (χ3n) is 4.42. The molecule has 1 unspecified atom stereocenters. The Balaban J connectivity index is 1.94. The molecule has 1 amide bonds. The maximum absolute atomic E-state index is 12.6. The fourth-order valence-electron chi connectivity index (χ4n) is 3.12. The van der Waals surface area contributed by atoms with Crippen LogP contribution < -0.4 is 5.32 Å². The molecular weight excluding hydrogens is 244 g/mol. The second kappa shape index (κ2) is 5.77. The maximum Gasteiger partial charge on any atom is 0.229 e. The molecule has 0 aliphatic carbocycles. The summed E-state index contributed by atoms with van der Waals surface area (Å²) in [6, 6.07) is 0. The van der Waals surface area contributed by atoms with Gasteiger partial charge < -0.3 is 20.1 Å². The SMILES string of the molecule is CN(CC1(O)CCOCC1)C(=O)C1(C)CCCNC1. The van der Waals surface area contributed by atoms with E-state index < -0.39 is 5.60 Å². The number of hydrogen-bond donors (Lipinski definition) is 2. The van der Waals surface area contributed by atoms with Gasteiger partial charge in [0.05, 0.1) is 11.0 Å². The number of ether oxygens (including phenoxy) is 1. The van der Waals surface area contributed by atoms with Crippen molar-refractivity contribution in [3.8, 4) is 0 Å². The number of carbonyl (C=O) groups is 1. The van der Waals surface area contributed by atoms with Gasteiger partial charge in [-0.3, -0.25) is 4.79 Å². The molecule has 2 saturated heterocycles. The highest BCUT2D eigenvalue weighted by Crippen LogP contribution is 2.29. The van der Waals surface area contributed by atoms with Crippen LogP contribution in [0.15, 0.2) is 0 Å². The van der Waals surface area contributed by atoms with Crippen molar-refractivity contribution in [2.45, 2.75) is 38.2 Å². The largest absolute Gasteiger partial charge is 0.388 e. The van der Waals surface area contributed by atoms with E-state index in [0.29, 0.717) is 32.6 Å². The number of nitrogens with zero attached hydrogens (tertiary/aromatic N) is 1. The Hall–Kier alpha value is -0.650. The van der Waals surface area contributed by atoms with Crippen LogP contribution in [0.2, 0.25) is 0 Å². The molecule has 2 fully saturated rings. The lowest BCUT2D eigenvalue weighted by molar-refractivity contribution is -0.147. The zero-order valence-corrected chi connectivity index (χ0v) is 12.1. The van der Waals surface area contributed by atoms with Gasteiger partial charge in [-0.2, -0.15) is 0 Å². The fraction of sp³-hybridized carbons (Fsp3) is 0.929. The summed E-state index contributed by atoms with van der Waals surface area (Å²) in [4.78, 5) is 14.3. The minimum atomic E-state index is -0.777. The van der Waals surface area contributed by atoms with Crippen molar-refractivity contribution in [2.24, 2.45) is 5.41 Å². The first-order valence-electron chi connectivity index (χ1n) is 7.22. The zero-order chi connectivity index (χ0) is 13.9. The van der Waals surface area contributed by atoms with Crippen molar-refractivity contribution < 1.29 is 14.6 Å². The van der Waals surface area contributed by atoms with E-state index in [1.165, 1.54) is 0 Å². The van der Waals surface area contributed by atoms with Crippen LogP contribution in [0.5, 0.6) is 0 Å². The first kappa shape index (κ1) is 14.8. The topological polar surface area (TPSA) is 61.8 Å². The van der Waals surface area contributed by atoms with Crippen LogP contribution in [-0.4, -0.2) is 61.4 Å². The molecule has 0 spiro atoms. The van der Waals surface area contributed by atoms with Crippen molar-refractivity contribution in [1.29, 1.82) is 0 Å². The van der Waals surface area contributed by atoms with Crippen LogP contribution in [0.25, 0.3) is 0 Å². The van der Waals surface area contributed by atoms with E-state index in [0.717, 1.165) is 25.9 Å². The Morgan fingerprint density at radius 1 is 1.37 bits per heavy atom. The fourth-order valence-corrected chi connectivity index (χ4v) is 3.12. The average Bonchev–Trinajstić information content (AvgIpc) is 2.39. The third kappa shape index (κ3) is 3.46. The summed E-state index contributed by atoms with van der Waals surface area (Å²) in [6.07, 6.45) is 3.18. The van der Waals surface area contributed by atoms with Crippen LogP contribution in [0.1, 0.15) is 32.6 Å². The number of nitrogens with one attached hydrogen (secondary N) is 1. The molecule has 2 N–H and O–H groups in total.